The first kappa shape index (κ1) is 19.6. The van der Waals surface area contributed by atoms with Gasteiger partial charge in [0, 0.05) is 25.1 Å². The zero-order valence-electron chi connectivity index (χ0n) is 16.5. The molecule has 0 aliphatic carbocycles. The maximum atomic E-state index is 12.9. The highest BCUT2D eigenvalue weighted by Crippen LogP contribution is 2.34. The molecule has 1 aliphatic rings. The first-order valence-corrected chi connectivity index (χ1v) is 9.48. The molecular weight excluding hydrogens is 342 g/mol. The molecule has 2 N–H and O–H groups in total. The van der Waals surface area contributed by atoms with Crippen LogP contribution in [-0.2, 0) is 9.53 Å². The molecule has 1 amide bonds. The third-order valence-electron chi connectivity index (χ3n) is 4.93. The molecule has 6 heteroatoms. The molecule has 0 spiro atoms. The molecule has 1 aromatic carbocycles. The van der Waals surface area contributed by atoms with Gasteiger partial charge in [-0.1, -0.05) is 56.3 Å². The van der Waals surface area contributed by atoms with Crippen LogP contribution in [-0.4, -0.2) is 30.3 Å². The zero-order valence-corrected chi connectivity index (χ0v) is 16.5. The molecule has 3 rings (SSSR count). The van der Waals surface area contributed by atoms with Crippen LogP contribution in [0.4, 0.5) is 5.82 Å². The topological polar surface area (TPSA) is 76.4 Å². The lowest BCUT2D eigenvalue weighted by Gasteiger charge is -2.32. The molecule has 3 atom stereocenters. The summed E-state index contributed by atoms with van der Waals surface area (Å²) < 4.78 is 11.0. The van der Waals surface area contributed by atoms with Gasteiger partial charge in [-0.2, -0.15) is 0 Å². The average Bonchev–Trinajstić information content (AvgIpc) is 3.25. The van der Waals surface area contributed by atoms with Gasteiger partial charge in [0.1, 0.15) is 11.8 Å². The van der Waals surface area contributed by atoms with Crippen molar-refractivity contribution in [2.45, 2.75) is 46.3 Å². The van der Waals surface area contributed by atoms with Crippen molar-refractivity contribution < 1.29 is 14.1 Å². The van der Waals surface area contributed by atoms with E-state index in [1.54, 1.807) is 13.0 Å². The second-order valence-corrected chi connectivity index (χ2v) is 8.27. The Kier molecular flexibility index (Phi) is 5.97. The largest absolute Gasteiger partial charge is 0.377 e. The van der Waals surface area contributed by atoms with Crippen LogP contribution in [0.2, 0.25) is 0 Å². The SMILES string of the molecule is Cc1cc(NC(=O)[C@H](NC[C@H]2CCO[C@@H]2C(C)(C)C)c2ccccc2)no1. The molecule has 146 valence electrons. The second kappa shape index (κ2) is 8.23. The quantitative estimate of drug-likeness (QED) is 0.810. The number of aromatic nitrogens is 1. The molecule has 2 aromatic rings. The first-order valence-electron chi connectivity index (χ1n) is 9.48. The van der Waals surface area contributed by atoms with E-state index >= 15 is 0 Å². The van der Waals surface area contributed by atoms with Gasteiger partial charge >= 0.3 is 0 Å². The maximum Gasteiger partial charge on any atom is 0.247 e. The van der Waals surface area contributed by atoms with E-state index in [1.807, 2.05) is 30.3 Å². The van der Waals surface area contributed by atoms with Gasteiger partial charge in [0.05, 0.1) is 6.10 Å². The van der Waals surface area contributed by atoms with E-state index in [9.17, 15) is 4.79 Å². The number of amides is 1. The predicted octanol–water partition coefficient (Wildman–Crippen LogP) is 3.70. The zero-order chi connectivity index (χ0) is 19.4. The molecule has 1 fully saturated rings. The van der Waals surface area contributed by atoms with Crippen molar-refractivity contribution in [2.24, 2.45) is 11.3 Å². The van der Waals surface area contributed by atoms with Crippen LogP contribution in [0.15, 0.2) is 40.9 Å². The van der Waals surface area contributed by atoms with E-state index in [1.165, 1.54) is 0 Å². The number of aryl methyl sites for hydroxylation is 1. The Balaban J connectivity index is 1.72. The van der Waals surface area contributed by atoms with Crippen molar-refractivity contribution in [3.05, 3.63) is 47.7 Å². The number of anilines is 1. The molecule has 0 saturated carbocycles. The van der Waals surface area contributed by atoms with E-state index in [0.29, 0.717) is 24.0 Å². The number of nitrogens with one attached hydrogen (secondary N) is 2. The van der Waals surface area contributed by atoms with Gasteiger partial charge in [-0.05, 0) is 24.3 Å². The number of hydrogen-bond donors (Lipinski definition) is 2. The number of carbonyl (C=O) groups is 1. The molecule has 0 bridgehead atoms. The number of rotatable bonds is 6. The monoisotopic (exact) mass is 371 g/mol. The highest BCUT2D eigenvalue weighted by Gasteiger charge is 2.37. The van der Waals surface area contributed by atoms with Crippen molar-refractivity contribution >= 4 is 11.7 Å². The Morgan fingerprint density at radius 3 is 2.67 bits per heavy atom. The summed E-state index contributed by atoms with van der Waals surface area (Å²) in [6.07, 6.45) is 1.18. The number of nitrogens with zero attached hydrogens (tertiary/aromatic N) is 1. The van der Waals surface area contributed by atoms with E-state index in [2.05, 4.69) is 36.6 Å². The van der Waals surface area contributed by atoms with E-state index < -0.39 is 6.04 Å². The van der Waals surface area contributed by atoms with Crippen LogP contribution in [0.25, 0.3) is 0 Å². The lowest BCUT2D eigenvalue weighted by atomic mass is 9.81. The Bertz CT molecular complexity index is 752. The van der Waals surface area contributed by atoms with Crippen molar-refractivity contribution in [3.63, 3.8) is 0 Å². The molecular formula is C21H29N3O3. The maximum absolute atomic E-state index is 12.9. The van der Waals surface area contributed by atoms with Gasteiger partial charge in [-0.3, -0.25) is 4.79 Å². The number of benzene rings is 1. The molecule has 27 heavy (non-hydrogen) atoms. The fraction of sp³-hybridized carbons (Fsp3) is 0.524. The number of hydrogen-bond acceptors (Lipinski definition) is 5. The molecule has 1 aromatic heterocycles. The van der Waals surface area contributed by atoms with Crippen molar-refractivity contribution in [3.8, 4) is 0 Å². The summed E-state index contributed by atoms with van der Waals surface area (Å²) in [7, 11) is 0. The van der Waals surface area contributed by atoms with Gasteiger partial charge < -0.3 is 19.9 Å². The molecule has 0 radical (unpaired) electrons. The summed E-state index contributed by atoms with van der Waals surface area (Å²) in [6.45, 7) is 9.88. The third kappa shape index (κ3) is 4.96. The predicted molar refractivity (Wildman–Crippen MR) is 104 cm³/mol. The van der Waals surface area contributed by atoms with Crippen LogP contribution < -0.4 is 10.6 Å². The van der Waals surface area contributed by atoms with Crippen LogP contribution in [0.5, 0.6) is 0 Å². The minimum atomic E-state index is -0.468. The lowest BCUT2D eigenvalue weighted by molar-refractivity contribution is -0.118. The van der Waals surface area contributed by atoms with Gasteiger partial charge in [0.15, 0.2) is 5.82 Å². The van der Waals surface area contributed by atoms with Crippen molar-refractivity contribution in [1.29, 1.82) is 0 Å². The average molecular weight is 371 g/mol. The fourth-order valence-electron chi connectivity index (χ4n) is 3.70. The highest BCUT2D eigenvalue weighted by molar-refractivity contribution is 5.94. The smallest absolute Gasteiger partial charge is 0.247 e. The Labute approximate surface area is 160 Å². The first-order chi connectivity index (χ1) is 12.8. The van der Waals surface area contributed by atoms with Crippen molar-refractivity contribution in [1.82, 2.24) is 10.5 Å². The second-order valence-electron chi connectivity index (χ2n) is 8.27. The minimum Gasteiger partial charge on any atom is -0.377 e. The van der Waals surface area contributed by atoms with E-state index in [0.717, 1.165) is 18.6 Å². The summed E-state index contributed by atoms with van der Waals surface area (Å²) >= 11 is 0. The summed E-state index contributed by atoms with van der Waals surface area (Å²) in [4.78, 5) is 12.9. The molecule has 6 nitrogen and oxygen atoms in total. The number of carbonyl (C=O) groups excluding carboxylic acids is 1. The van der Waals surface area contributed by atoms with Crippen LogP contribution in [0.1, 0.15) is 44.6 Å². The van der Waals surface area contributed by atoms with E-state index in [-0.39, 0.29) is 17.4 Å². The highest BCUT2D eigenvalue weighted by atomic mass is 16.5. The number of ether oxygens (including phenoxy) is 1. The van der Waals surface area contributed by atoms with Gasteiger partial charge in [-0.15, -0.1) is 0 Å². The van der Waals surface area contributed by atoms with Gasteiger partial charge in [0.2, 0.25) is 5.91 Å². The molecule has 0 unspecified atom stereocenters. The Hall–Kier alpha value is -2.18. The minimum absolute atomic E-state index is 0.0750. The van der Waals surface area contributed by atoms with Crippen molar-refractivity contribution in [2.75, 3.05) is 18.5 Å². The normalized spacial score (nSPS) is 21.2. The standard InChI is InChI=1S/C21H29N3O3/c1-14-12-17(24-27-14)23-20(25)18(15-8-6-5-7-9-15)22-13-16-10-11-26-19(16)21(2,3)4/h5-9,12,16,18-19,22H,10-11,13H2,1-4H3,(H,23,24,25)/t16-,18-,19+/m1/s1. The van der Waals surface area contributed by atoms with Crippen LogP contribution >= 0.6 is 0 Å². The summed E-state index contributed by atoms with van der Waals surface area (Å²) in [6, 6.07) is 11.0. The molecule has 1 saturated heterocycles. The van der Waals surface area contributed by atoms with Crippen LogP contribution in [0.3, 0.4) is 0 Å². The lowest BCUT2D eigenvalue weighted by Crippen LogP contribution is -2.40. The summed E-state index contributed by atoms with van der Waals surface area (Å²) in [5, 5.41) is 10.2. The molecule has 2 heterocycles. The summed E-state index contributed by atoms with van der Waals surface area (Å²) in [5.41, 5.74) is 0.993. The summed E-state index contributed by atoms with van der Waals surface area (Å²) in [5.74, 6) is 1.31. The third-order valence-corrected chi connectivity index (χ3v) is 4.93. The van der Waals surface area contributed by atoms with Crippen LogP contribution in [0, 0.1) is 18.3 Å². The van der Waals surface area contributed by atoms with Gasteiger partial charge in [-0.25, -0.2) is 0 Å². The Morgan fingerprint density at radius 1 is 1.30 bits per heavy atom. The van der Waals surface area contributed by atoms with E-state index in [4.69, 9.17) is 9.26 Å². The van der Waals surface area contributed by atoms with Gasteiger partial charge in [0.25, 0.3) is 0 Å². The Morgan fingerprint density at radius 2 is 2.04 bits per heavy atom. The fourth-order valence-corrected chi connectivity index (χ4v) is 3.70. The molecule has 1 aliphatic heterocycles.